The Balaban J connectivity index is 2.57. The molecule has 1 amide bonds. The van der Waals surface area contributed by atoms with Crippen LogP contribution in [-0.4, -0.2) is 41.0 Å². The Hall–Kier alpha value is -1.10. The Kier molecular flexibility index (Phi) is 3.25. The maximum Gasteiger partial charge on any atom is 0.326 e. The van der Waals surface area contributed by atoms with Crippen molar-refractivity contribution < 1.29 is 14.7 Å². The third-order valence-corrected chi connectivity index (χ3v) is 2.22. The number of nitrogens with zero attached hydrogens (tertiary/aromatic N) is 1. The number of amides is 1. The van der Waals surface area contributed by atoms with E-state index in [1.165, 1.54) is 4.90 Å². The second-order valence-corrected chi connectivity index (χ2v) is 3.12. The fourth-order valence-corrected chi connectivity index (χ4v) is 1.59. The van der Waals surface area contributed by atoms with E-state index in [1.54, 1.807) is 0 Å². The van der Waals surface area contributed by atoms with Gasteiger partial charge in [0.25, 0.3) is 0 Å². The summed E-state index contributed by atoms with van der Waals surface area (Å²) in [5.74, 6) is -1.06. The number of rotatable bonds is 3. The van der Waals surface area contributed by atoms with Crippen LogP contribution in [0, 0.1) is 0 Å². The zero-order valence-electron chi connectivity index (χ0n) is 7.40. The first kappa shape index (κ1) is 9.98. The van der Waals surface area contributed by atoms with Gasteiger partial charge in [-0.25, -0.2) is 4.79 Å². The van der Waals surface area contributed by atoms with Crippen LogP contribution in [0.5, 0.6) is 0 Å². The number of nitrogens with two attached hydrogens (primary N) is 1. The van der Waals surface area contributed by atoms with Gasteiger partial charge in [0.1, 0.15) is 6.04 Å². The summed E-state index contributed by atoms with van der Waals surface area (Å²) in [5.41, 5.74) is 5.22. The van der Waals surface area contributed by atoms with E-state index in [1.807, 2.05) is 0 Å². The van der Waals surface area contributed by atoms with Crippen LogP contribution < -0.4 is 5.73 Å². The van der Waals surface area contributed by atoms with Gasteiger partial charge < -0.3 is 15.7 Å². The SMILES string of the molecule is NCCC(=O)N1CCC[C@@H]1C(=O)O. The van der Waals surface area contributed by atoms with E-state index in [4.69, 9.17) is 10.8 Å². The molecule has 0 unspecified atom stereocenters. The van der Waals surface area contributed by atoms with Gasteiger partial charge in [-0.1, -0.05) is 0 Å². The van der Waals surface area contributed by atoms with Gasteiger partial charge in [0, 0.05) is 19.5 Å². The Morgan fingerprint density at radius 3 is 2.77 bits per heavy atom. The minimum atomic E-state index is -0.914. The second kappa shape index (κ2) is 4.23. The molecule has 1 aliphatic heterocycles. The molecule has 1 rings (SSSR count). The smallest absolute Gasteiger partial charge is 0.326 e. The number of hydrogen-bond donors (Lipinski definition) is 2. The van der Waals surface area contributed by atoms with Crippen molar-refractivity contribution in [3.8, 4) is 0 Å². The minimum Gasteiger partial charge on any atom is -0.480 e. The highest BCUT2D eigenvalue weighted by atomic mass is 16.4. The van der Waals surface area contributed by atoms with Gasteiger partial charge in [0.2, 0.25) is 5.91 Å². The highest BCUT2D eigenvalue weighted by Crippen LogP contribution is 2.17. The summed E-state index contributed by atoms with van der Waals surface area (Å²) in [6.07, 6.45) is 1.57. The first-order valence-corrected chi connectivity index (χ1v) is 4.39. The average Bonchev–Trinajstić information content (AvgIpc) is 2.52. The molecular formula is C8H14N2O3. The lowest BCUT2D eigenvalue weighted by Gasteiger charge is -2.20. The molecule has 5 nitrogen and oxygen atoms in total. The Bertz CT molecular complexity index is 217. The first-order valence-electron chi connectivity index (χ1n) is 4.39. The summed E-state index contributed by atoms with van der Waals surface area (Å²) in [7, 11) is 0. The van der Waals surface area contributed by atoms with Crippen LogP contribution in [0.25, 0.3) is 0 Å². The predicted octanol–water partition coefficient (Wildman–Crippen LogP) is -0.589. The maximum atomic E-state index is 11.3. The van der Waals surface area contributed by atoms with E-state index < -0.39 is 12.0 Å². The van der Waals surface area contributed by atoms with Crippen LogP contribution in [0.1, 0.15) is 19.3 Å². The van der Waals surface area contributed by atoms with Crippen molar-refractivity contribution in [2.75, 3.05) is 13.1 Å². The molecule has 0 saturated carbocycles. The molecule has 0 aliphatic carbocycles. The summed E-state index contributed by atoms with van der Waals surface area (Å²) in [6, 6.07) is -0.626. The summed E-state index contributed by atoms with van der Waals surface area (Å²) in [6.45, 7) is 0.831. The van der Waals surface area contributed by atoms with Crippen molar-refractivity contribution in [1.29, 1.82) is 0 Å². The van der Waals surface area contributed by atoms with Crippen molar-refractivity contribution >= 4 is 11.9 Å². The van der Waals surface area contributed by atoms with E-state index in [-0.39, 0.29) is 18.9 Å². The van der Waals surface area contributed by atoms with E-state index in [2.05, 4.69) is 0 Å². The molecule has 1 atom stereocenters. The molecule has 1 saturated heterocycles. The van der Waals surface area contributed by atoms with Gasteiger partial charge in [-0.2, -0.15) is 0 Å². The molecule has 0 aromatic carbocycles. The molecule has 0 spiro atoms. The number of likely N-dealkylation sites (tertiary alicyclic amines) is 1. The molecule has 0 aromatic heterocycles. The lowest BCUT2D eigenvalue weighted by Crippen LogP contribution is -2.41. The third-order valence-electron chi connectivity index (χ3n) is 2.22. The zero-order chi connectivity index (χ0) is 9.84. The quantitative estimate of drug-likeness (QED) is 0.617. The van der Waals surface area contributed by atoms with E-state index >= 15 is 0 Å². The molecule has 0 aromatic rings. The van der Waals surface area contributed by atoms with Crippen LogP contribution in [-0.2, 0) is 9.59 Å². The lowest BCUT2D eigenvalue weighted by molar-refractivity contribution is -0.148. The van der Waals surface area contributed by atoms with Crippen LogP contribution in [0.15, 0.2) is 0 Å². The van der Waals surface area contributed by atoms with E-state index in [0.29, 0.717) is 13.0 Å². The molecule has 74 valence electrons. The van der Waals surface area contributed by atoms with Crippen molar-refractivity contribution in [1.82, 2.24) is 4.90 Å². The number of carbonyl (C=O) groups is 2. The molecule has 0 bridgehead atoms. The van der Waals surface area contributed by atoms with Crippen LogP contribution >= 0.6 is 0 Å². The van der Waals surface area contributed by atoms with E-state index in [9.17, 15) is 9.59 Å². The van der Waals surface area contributed by atoms with Gasteiger partial charge in [0.15, 0.2) is 0 Å². The van der Waals surface area contributed by atoms with E-state index in [0.717, 1.165) is 6.42 Å². The van der Waals surface area contributed by atoms with Crippen molar-refractivity contribution in [3.63, 3.8) is 0 Å². The standard InChI is InChI=1S/C8H14N2O3/c9-4-3-7(11)10-5-1-2-6(10)8(12)13/h6H,1-5,9H2,(H,12,13)/t6-/m1/s1. The van der Waals surface area contributed by atoms with Crippen LogP contribution in [0.4, 0.5) is 0 Å². The van der Waals surface area contributed by atoms with Crippen molar-refractivity contribution in [2.24, 2.45) is 5.73 Å². The van der Waals surface area contributed by atoms with Gasteiger partial charge in [0.05, 0.1) is 0 Å². The van der Waals surface area contributed by atoms with Crippen molar-refractivity contribution in [3.05, 3.63) is 0 Å². The summed E-state index contributed by atoms with van der Waals surface area (Å²) in [4.78, 5) is 23.5. The number of carbonyl (C=O) groups excluding carboxylic acids is 1. The minimum absolute atomic E-state index is 0.146. The number of aliphatic carboxylic acids is 1. The molecule has 1 aliphatic rings. The zero-order valence-corrected chi connectivity index (χ0v) is 7.40. The maximum absolute atomic E-state index is 11.3. The topological polar surface area (TPSA) is 83.6 Å². The number of carboxylic acid groups (broad SMARTS) is 1. The van der Waals surface area contributed by atoms with Gasteiger partial charge in [-0.3, -0.25) is 4.79 Å². The summed E-state index contributed by atoms with van der Waals surface area (Å²) < 4.78 is 0. The van der Waals surface area contributed by atoms with Gasteiger partial charge in [-0.15, -0.1) is 0 Å². The average molecular weight is 186 g/mol. The predicted molar refractivity (Wildman–Crippen MR) is 46.0 cm³/mol. The van der Waals surface area contributed by atoms with Gasteiger partial charge in [-0.05, 0) is 12.8 Å². The fraction of sp³-hybridized carbons (Fsp3) is 0.750. The van der Waals surface area contributed by atoms with Crippen LogP contribution in [0.2, 0.25) is 0 Å². The largest absolute Gasteiger partial charge is 0.480 e. The summed E-state index contributed by atoms with van der Waals surface area (Å²) >= 11 is 0. The highest BCUT2D eigenvalue weighted by molar-refractivity contribution is 5.84. The molecule has 1 heterocycles. The summed E-state index contributed by atoms with van der Waals surface area (Å²) in [5, 5.41) is 8.78. The van der Waals surface area contributed by atoms with Crippen molar-refractivity contribution in [2.45, 2.75) is 25.3 Å². The molecular weight excluding hydrogens is 172 g/mol. The molecule has 5 heteroatoms. The number of carboxylic acids is 1. The number of hydrogen-bond acceptors (Lipinski definition) is 3. The Morgan fingerprint density at radius 2 is 2.23 bits per heavy atom. The van der Waals surface area contributed by atoms with Gasteiger partial charge >= 0.3 is 5.97 Å². The normalized spacial score (nSPS) is 21.9. The Labute approximate surface area is 76.5 Å². The second-order valence-electron chi connectivity index (χ2n) is 3.12. The van der Waals surface area contributed by atoms with Crippen LogP contribution in [0.3, 0.4) is 0 Å². The third kappa shape index (κ3) is 2.18. The molecule has 13 heavy (non-hydrogen) atoms. The fourth-order valence-electron chi connectivity index (χ4n) is 1.59. The Morgan fingerprint density at radius 1 is 1.54 bits per heavy atom. The first-order chi connectivity index (χ1) is 6.16. The lowest BCUT2D eigenvalue weighted by atomic mass is 10.2. The molecule has 0 radical (unpaired) electrons. The molecule has 1 fully saturated rings. The molecule has 3 N–H and O–H groups in total. The highest BCUT2D eigenvalue weighted by Gasteiger charge is 2.33. The monoisotopic (exact) mass is 186 g/mol.